The summed E-state index contributed by atoms with van der Waals surface area (Å²) in [6, 6.07) is 7.27. The van der Waals surface area contributed by atoms with Crippen molar-refractivity contribution in [3.8, 4) is 5.75 Å². The van der Waals surface area contributed by atoms with Crippen LogP contribution in [0, 0.1) is 0 Å². The highest BCUT2D eigenvalue weighted by atomic mass is 35.5. The second-order valence-corrected chi connectivity index (χ2v) is 6.57. The summed E-state index contributed by atoms with van der Waals surface area (Å²) in [7, 11) is -1.40. The molecule has 128 valence electrons. The van der Waals surface area contributed by atoms with Crippen LogP contribution in [0.2, 0.25) is 5.02 Å². The van der Waals surface area contributed by atoms with E-state index in [0.29, 0.717) is 11.6 Å². The first-order valence-electron chi connectivity index (χ1n) is 7.14. The molecule has 2 aromatic rings. The van der Waals surface area contributed by atoms with E-state index in [-0.39, 0.29) is 11.6 Å². The number of hydrazone groups is 1. The van der Waals surface area contributed by atoms with Crippen LogP contribution in [-0.4, -0.2) is 38.5 Å². The van der Waals surface area contributed by atoms with E-state index < -0.39 is 16.7 Å². The molecule has 24 heavy (non-hydrogen) atoms. The average molecular weight is 369 g/mol. The fourth-order valence-electron chi connectivity index (χ4n) is 1.78. The van der Waals surface area contributed by atoms with Crippen LogP contribution in [0.3, 0.4) is 0 Å². The fraction of sp³-hybridized carbons (Fsp3) is 0.267. The number of rotatable bonds is 8. The molecule has 1 atom stereocenters. The summed E-state index contributed by atoms with van der Waals surface area (Å²) in [5.41, 5.74) is 3.15. The number of nitrogens with one attached hydrogen (secondary N) is 1. The Morgan fingerprint density at radius 2 is 2.21 bits per heavy atom. The maximum absolute atomic E-state index is 11.8. The Morgan fingerprint density at radius 1 is 1.46 bits per heavy atom. The maximum atomic E-state index is 11.8. The lowest BCUT2D eigenvalue weighted by atomic mass is 10.2. The Hall–Kier alpha value is -2.19. The maximum Gasteiger partial charge on any atom is 0.252 e. The first-order valence-corrected chi connectivity index (χ1v) is 9.01. The van der Waals surface area contributed by atoms with Crippen molar-refractivity contribution in [1.82, 2.24) is 15.2 Å². The van der Waals surface area contributed by atoms with E-state index in [0.717, 1.165) is 11.3 Å². The van der Waals surface area contributed by atoms with Gasteiger partial charge in [0.2, 0.25) is 0 Å². The Labute approximate surface area is 147 Å². The van der Waals surface area contributed by atoms with Crippen molar-refractivity contribution in [3.05, 3.63) is 47.2 Å². The highest BCUT2D eigenvalue weighted by Crippen LogP contribution is 2.10. The predicted octanol–water partition coefficient (Wildman–Crippen LogP) is 1.79. The van der Waals surface area contributed by atoms with Crippen molar-refractivity contribution in [2.75, 3.05) is 12.4 Å². The standard InChI is InChI=1S/C15H17ClN4O3S/c1-2-23-14-5-3-12(4-6-14)7-17-19-15(21)10-24(22)11-20-9-13(16)8-18-20/h3-9H,2,10-11H2,1H3,(H,19,21)/b17-7-/t24-/m0/s1. The molecule has 1 aromatic carbocycles. The summed E-state index contributed by atoms with van der Waals surface area (Å²) in [5, 5.41) is 8.20. The molecule has 1 aromatic heterocycles. The number of amides is 1. The number of ether oxygens (including phenoxy) is 1. The van der Waals surface area contributed by atoms with Crippen LogP contribution in [0.4, 0.5) is 0 Å². The van der Waals surface area contributed by atoms with Crippen LogP contribution < -0.4 is 10.2 Å². The number of hydrogen-bond acceptors (Lipinski definition) is 5. The number of benzene rings is 1. The molecule has 0 aliphatic carbocycles. The number of carbonyl (C=O) groups is 1. The van der Waals surface area contributed by atoms with E-state index >= 15 is 0 Å². The molecular weight excluding hydrogens is 352 g/mol. The number of halogens is 1. The molecule has 0 saturated carbocycles. The van der Waals surface area contributed by atoms with Crippen LogP contribution in [0.15, 0.2) is 41.8 Å². The van der Waals surface area contributed by atoms with Crippen molar-refractivity contribution in [2.45, 2.75) is 12.8 Å². The van der Waals surface area contributed by atoms with Gasteiger partial charge in [-0.3, -0.25) is 13.7 Å². The summed E-state index contributed by atoms with van der Waals surface area (Å²) in [5.74, 6) is 0.266. The minimum absolute atomic E-state index is 0.0999. The summed E-state index contributed by atoms with van der Waals surface area (Å²) in [6.07, 6.45) is 4.49. The lowest BCUT2D eigenvalue weighted by molar-refractivity contribution is -0.118. The van der Waals surface area contributed by atoms with Gasteiger partial charge in [-0.25, -0.2) is 5.43 Å². The Bertz CT molecular complexity index is 731. The molecule has 7 nitrogen and oxygen atoms in total. The van der Waals surface area contributed by atoms with E-state index in [2.05, 4.69) is 15.6 Å². The molecule has 1 amide bonds. The zero-order valence-electron chi connectivity index (χ0n) is 13.0. The second-order valence-electron chi connectivity index (χ2n) is 4.71. The van der Waals surface area contributed by atoms with Gasteiger partial charge in [-0.05, 0) is 36.8 Å². The van der Waals surface area contributed by atoms with Gasteiger partial charge in [0.25, 0.3) is 5.91 Å². The summed E-state index contributed by atoms with van der Waals surface area (Å²) >= 11 is 5.72. The zero-order chi connectivity index (χ0) is 17.4. The Balaban J connectivity index is 1.76. The highest BCUT2D eigenvalue weighted by Gasteiger charge is 2.08. The van der Waals surface area contributed by atoms with Gasteiger partial charge in [0.05, 0.1) is 34.8 Å². The minimum atomic E-state index is -1.40. The van der Waals surface area contributed by atoms with Crippen LogP contribution in [-0.2, 0) is 21.5 Å². The number of aromatic nitrogens is 2. The van der Waals surface area contributed by atoms with Crippen molar-refractivity contribution in [3.63, 3.8) is 0 Å². The molecule has 0 unspecified atom stereocenters. The van der Waals surface area contributed by atoms with Gasteiger partial charge in [-0.15, -0.1) is 0 Å². The lowest BCUT2D eigenvalue weighted by Crippen LogP contribution is -2.25. The Morgan fingerprint density at radius 3 is 2.83 bits per heavy atom. The third-order valence-corrected chi connectivity index (χ3v) is 4.10. The molecule has 0 spiro atoms. The van der Waals surface area contributed by atoms with Crippen molar-refractivity contribution in [1.29, 1.82) is 0 Å². The van der Waals surface area contributed by atoms with E-state index in [1.165, 1.54) is 17.1 Å². The van der Waals surface area contributed by atoms with Crippen LogP contribution >= 0.6 is 11.6 Å². The van der Waals surface area contributed by atoms with Gasteiger partial charge in [0.1, 0.15) is 17.4 Å². The third-order valence-electron chi connectivity index (χ3n) is 2.76. The van der Waals surface area contributed by atoms with E-state index in [4.69, 9.17) is 16.3 Å². The molecule has 2 rings (SSSR count). The normalized spacial score (nSPS) is 12.2. The largest absolute Gasteiger partial charge is 0.494 e. The summed E-state index contributed by atoms with van der Waals surface area (Å²) < 4.78 is 18.6. The fourth-order valence-corrected chi connectivity index (χ4v) is 2.82. The van der Waals surface area contributed by atoms with Crippen LogP contribution in [0.5, 0.6) is 5.75 Å². The summed E-state index contributed by atoms with van der Waals surface area (Å²) in [6.45, 7) is 2.52. The first kappa shape index (κ1) is 18.2. The molecule has 1 N–H and O–H groups in total. The third kappa shape index (κ3) is 6.13. The molecular formula is C15H17ClN4O3S. The molecule has 9 heteroatoms. The van der Waals surface area contributed by atoms with Gasteiger partial charge in [0.15, 0.2) is 0 Å². The molecule has 0 aliphatic rings. The van der Waals surface area contributed by atoms with Crippen molar-refractivity contribution >= 4 is 34.5 Å². The minimum Gasteiger partial charge on any atom is -0.494 e. The topological polar surface area (TPSA) is 85.6 Å². The molecule has 0 aliphatic heterocycles. The van der Waals surface area contributed by atoms with Gasteiger partial charge in [-0.1, -0.05) is 11.6 Å². The van der Waals surface area contributed by atoms with Crippen LogP contribution in [0.1, 0.15) is 12.5 Å². The Kier molecular flexibility index (Phi) is 6.95. The monoisotopic (exact) mass is 368 g/mol. The van der Waals surface area contributed by atoms with Gasteiger partial charge >= 0.3 is 0 Å². The predicted molar refractivity (Wildman–Crippen MR) is 93.6 cm³/mol. The summed E-state index contributed by atoms with van der Waals surface area (Å²) in [4.78, 5) is 11.7. The average Bonchev–Trinajstić information content (AvgIpc) is 2.94. The molecule has 1 heterocycles. The van der Waals surface area contributed by atoms with Gasteiger partial charge < -0.3 is 4.74 Å². The van der Waals surface area contributed by atoms with Crippen LogP contribution in [0.25, 0.3) is 0 Å². The molecule has 0 saturated heterocycles. The number of nitrogens with zero attached hydrogens (tertiary/aromatic N) is 3. The SMILES string of the molecule is CCOc1ccc(/C=N\NC(=O)C[S@](=O)Cn2cc(Cl)cn2)cc1. The molecule has 0 bridgehead atoms. The van der Waals surface area contributed by atoms with Crippen molar-refractivity contribution < 1.29 is 13.7 Å². The van der Waals surface area contributed by atoms with E-state index in [1.54, 1.807) is 6.20 Å². The lowest BCUT2D eigenvalue weighted by Gasteiger charge is -2.03. The van der Waals surface area contributed by atoms with Gasteiger partial charge in [-0.2, -0.15) is 10.2 Å². The molecule has 0 radical (unpaired) electrons. The molecule has 0 fully saturated rings. The second kappa shape index (κ2) is 9.19. The zero-order valence-corrected chi connectivity index (χ0v) is 14.6. The smallest absolute Gasteiger partial charge is 0.252 e. The van der Waals surface area contributed by atoms with E-state index in [9.17, 15) is 9.00 Å². The van der Waals surface area contributed by atoms with Crippen molar-refractivity contribution in [2.24, 2.45) is 5.10 Å². The van der Waals surface area contributed by atoms with E-state index in [1.807, 2.05) is 31.2 Å². The van der Waals surface area contributed by atoms with Gasteiger partial charge in [0, 0.05) is 6.20 Å². The number of carbonyl (C=O) groups excluding carboxylic acids is 1. The highest BCUT2D eigenvalue weighted by molar-refractivity contribution is 7.84. The first-order chi connectivity index (χ1) is 11.6. The number of hydrogen-bond donors (Lipinski definition) is 1. The quantitative estimate of drug-likeness (QED) is 0.568.